The van der Waals surface area contributed by atoms with E-state index in [1.807, 2.05) is 6.07 Å². The molecular formula is C32H31FN6O4. The number of pyridine rings is 1. The second kappa shape index (κ2) is 12.4. The van der Waals surface area contributed by atoms with Crippen molar-refractivity contribution < 1.29 is 14.0 Å². The minimum Gasteiger partial charge on any atom is -0.392 e. The molecule has 0 aliphatic heterocycles. The van der Waals surface area contributed by atoms with Gasteiger partial charge in [0.1, 0.15) is 17.8 Å². The number of aldehydes is 1. The topological polar surface area (TPSA) is 139 Å². The number of allylic oxidation sites excluding steroid dienone is 1. The van der Waals surface area contributed by atoms with Crippen molar-refractivity contribution in [1.82, 2.24) is 24.8 Å². The number of hydrogen-bond donors (Lipinski definition) is 3. The van der Waals surface area contributed by atoms with Gasteiger partial charge in [-0.2, -0.15) is 0 Å². The van der Waals surface area contributed by atoms with E-state index in [1.165, 1.54) is 15.2 Å². The van der Waals surface area contributed by atoms with Crippen LogP contribution in [0.4, 0.5) is 4.39 Å². The summed E-state index contributed by atoms with van der Waals surface area (Å²) >= 11 is 0. The normalized spacial score (nSPS) is 17.0. The lowest BCUT2D eigenvalue weighted by molar-refractivity contribution is -0.115. The first-order valence-electron chi connectivity index (χ1n) is 13.9. The first kappa shape index (κ1) is 29.3. The summed E-state index contributed by atoms with van der Waals surface area (Å²) in [5, 5.41) is 13.7. The quantitative estimate of drug-likeness (QED) is 0.213. The number of rotatable bonds is 8. The molecule has 1 aliphatic carbocycles. The van der Waals surface area contributed by atoms with Crippen molar-refractivity contribution in [2.24, 2.45) is 0 Å². The van der Waals surface area contributed by atoms with E-state index in [4.69, 9.17) is 5.41 Å². The SMILES string of the molecule is CN/C(C)=C\C(=N)C(=O)NC1CCC(n2c(=O)c3cc(F)cnc3n(-c3cccc(-c4ccc(C=O)cc4)c3)c2=O)CC1. The van der Waals surface area contributed by atoms with Crippen molar-refractivity contribution in [2.45, 2.75) is 44.7 Å². The van der Waals surface area contributed by atoms with Gasteiger partial charge in [0.25, 0.3) is 11.5 Å². The van der Waals surface area contributed by atoms with Gasteiger partial charge in [0.05, 0.1) is 17.3 Å². The lowest BCUT2D eigenvalue weighted by atomic mass is 9.90. The molecule has 0 unspecified atom stereocenters. The van der Waals surface area contributed by atoms with Crippen molar-refractivity contribution in [1.29, 1.82) is 5.41 Å². The Balaban J connectivity index is 1.49. The van der Waals surface area contributed by atoms with Crippen LogP contribution in [0.25, 0.3) is 27.8 Å². The Hall–Kier alpha value is -5.19. The highest BCUT2D eigenvalue weighted by molar-refractivity contribution is 6.42. The van der Waals surface area contributed by atoms with Crippen molar-refractivity contribution in [2.75, 3.05) is 7.05 Å². The molecule has 0 radical (unpaired) electrons. The number of nitrogens with one attached hydrogen (secondary N) is 3. The molecule has 1 aliphatic rings. The molecule has 5 rings (SSSR count). The van der Waals surface area contributed by atoms with Crippen LogP contribution in [0.15, 0.2) is 82.2 Å². The molecule has 2 heterocycles. The van der Waals surface area contributed by atoms with Gasteiger partial charge < -0.3 is 10.6 Å². The molecule has 0 atom stereocenters. The molecule has 0 spiro atoms. The van der Waals surface area contributed by atoms with Gasteiger partial charge in [0.15, 0.2) is 5.65 Å². The summed E-state index contributed by atoms with van der Waals surface area (Å²) in [6.07, 6.45) is 5.03. The predicted molar refractivity (Wildman–Crippen MR) is 162 cm³/mol. The zero-order valence-corrected chi connectivity index (χ0v) is 23.8. The zero-order valence-electron chi connectivity index (χ0n) is 23.8. The van der Waals surface area contributed by atoms with Crippen LogP contribution in [0.2, 0.25) is 0 Å². The number of benzene rings is 2. The summed E-state index contributed by atoms with van der Waals surface area (Å²) in [6.45, 7) is 1.75. The van der Waals surface area contributed by atoms with Crippen LogP contribution in [0.3, 0.4) is 0 Å². The Morgan fingerprint density at radius 2 is 1.77 bits per heavy atom. The summed E-state index contributed by atoms with van der Waals surface area (Å²) in [4.78, 5) is 55.4. The van der Waals surface area contributed by atoms with Crippen LogP contribution < -0.4 is 21.9 Å². The van der Waals surface area contributed by atoms with Crippen LogP contribution in [0, 0.1) is 11.2 Å². The van der Waals surface area contributed by atoms with E-state index in [9.17, 15) is 23.6 Å². The van der Waals surface area contributed by atoms with Crippen molar-refractivity contribution >= 4 is 28.9 Å². The molecule has 1 amide bonds. The van der Waals surface area contributed by atoms with E-state index in [0.29, 0.717) is 42.6 Å². The number of nitrogens with zero attached hydrogens (tertiary/aromatic N) is 3. The monoisotopic (exact) mass is 582 g/mol. The van der Waals surface area contributed by atoms with E-state index in [-0.39, 0.29) is 22.8 Å². The molecule has 1 fully saturated rings. The minimum atomic E-state index is -0.693. The summed E-state index contributed by atoms with van der Waals surface area (Å²) in [5.41, 5.74) is 1.93. The average Bonchev–Trinajstić information content (AvgIpc) is 3.02. The number of fused-ring (bicyclic) bond motifs is 1. The van der Waals surface area contributed by atoms with E-state index >= 15 is 0 Å². The third kappa shape index (κ3) is 6.06. The van der Waals surface area contributed by atoms with Gasteiger partial charge >= 0.3 is 5.69 Å². The highest BCUT2D eigenvalue weighted by atomic mass is 19.1. The molecule has 11 heteroatoms. The predicted octanol–water partition coefficient (Wildman–Crippen LogP) is 3.91. The van der Waals surface area contributed by atoms with Crippen molar-refractivity contribution in [3.05, 3.63) is 105 Å². The Morgan fingerprint density at radius 3 is 2.44 bits per heavy atom. The number of amides is 1. The van der Waals surface area contributed by atoms with Gasteiger partial charge in [0.2, 0.25) is 0 Å². The zero-order chi connectivity index (χ0) is 30.7. The van der Waals surface area contributed by atoms with Crippen LogP contribution in [0.1, 0.15) is 49.0 Å². The van der Waals surface area contributed by atoms with E-state index in [0.717, 1.165) is 29.7 Å². The number of carbonyl (C=O) groups is 2. The fourth-order valence-corrected chi connectivity index (χ4v) is 5.41. The minimum absolute atomic E-state index is 0.0177. The third-order valence-electron chi connectivity index (χ3n) is 7.77. The third-order valence-corrected chi connectivity index (χ3v) is 7.77. The molecule has 3 N–H and O–H groups in total. The molecule has 4 aromatic rings. The summed E-state index contributed by atoms with van der Waals surface area (Å²) < 4.78 is 16.8. The molecule has 1 saturated carbocycles. The fraction of sp³-hybridized carbons (Fsp3) is 0.250. The lowest BCUT2D eigenvalue weighted by Crippen LogP contribution is -2.46. The van der Waals surface area contributed by atoms with E-state index in [1.54, 1.807) is 56.4 Å². The summed E-state index contributed by atoms with van der Waals surface area (Å²) in [7, 11) is 1.71. The summed E-state index contributed by atoms with van der Waals surface area (Å²) in [5.74, 6) is -1.19. The molecular weight excluding hydrogens is 551 g/mol. The van der Waals surface area contributed by atoms with Crippen molar-refractivity contribution in [3.8, 4) is 16.8 Å². The smallest absolute Gasteiger partial charge is 0.337 e. The van der Waals surface area contributed by atoms with Crippen LogP contribution in [-0.2, 0) is 4.79 Å². The van der Waals surface area contributed by atoms with Gasteiger partial charge in [-0.05, 0) is 68.0 Å². The lowest BCUT2D eigenvalue weighted by Gasteiger charge is -2.30. The largest absolute Gasteiger partial charge is 0.392 e. The number of carbonyl (C=O) groups excluding carboxylic acids is 2. The molecule has 0 saturated heterocycles. The van der Waals surface area contributed by atoms with Gasteiger partial charge in [-0.15, -0.1) is 0 Å². The molecule has 2 aromatic heterocycles. The maximum atomic E-state index is 14.3. The average molecular weight is 583 g/mol. The maximum Gasteiger partial charge on any atom is 0.337 e. The van der Waals surface area contributed by atoms with E-state index < -0.39 is 29.0 Å². The van der Waals surface area contributed by atoms with Crippen LogP contribution >= 0.6 is 0 Å². The maximum absolute atomic E-state index is 14.3. The van der Waals surface area contributed by atoms with Crippen LogP contribution in [-0.4, -0.2) is 45.1 Å². The van der Waals surface area contributed by atoms with Gasteiger partial charge in [0, 0.05) is 30.4 Å². The second-order valence-electron chi connectivity index (χ2n) is 10.6. The Bertz CT molecular complexity index is 1870. The van der Waals surface area contributed by atoms with Gasteiger partial charge in [-0.1, -0.05) is 36.4 Å². The number of aromatic nitrogens is 3. The summed E-state index contributed by atoms with van der Waals surface area (Å²) in [6, 6.07) is 14.5. The Kier molecular flexibility index (Phi) is 8.42. The molecule has 2 aromatic carbocycles. The number of hydrogen-bond acceptors (Lipinski definition) is 7. The van der Waals surface area contributed by atoms with Crippen molar-refractivity contribution in [3.63, 3.8) is 0 Å². The second-order valence-corrected chi connectivity index (χ2v) is 10.6. The van der Waals surface area contributed by atoms with E-state index in [2.05, 4.69) is 15.6 Å². The first-order valence-corrected chi connectivity index (χ1v) is 13.9. The van der Waals surface area contributed by atoms with Gasteiger partial charge in [-0.25, -0.2) is 18.7 Å². The Morgan fingerprint density at radius 1 is 1.05 bits per heavy atom. The molecule has 43 heavy (non-hydrogen) atoms. The number of halogens is 1. The first-order chi connectivity index (χ1) is 20.7. The molecule has 220 valence electrons. The van der Waals surface area contributed by atoms with Crippen LogP contribution in [0.5, 0.6) is 0 Å². The van der Waals surface area contributed by atoms with Gasteiger partial charge in [-0.3, -0.25) is 24.4 Å². The standard InChI is InChI=1S/C32H31FN6O4/c1-19(35-2)14-28(34)30(41)37-24-10-12-25(13-11-24)39-31(42)27-16-23(33)17-36-29(27)38(32(39)43)26-5-3-4-22(15-26)21-8-6-20(18-40)7-9-21/h3-9,14-18,24-25,34-35H,10-13H2,1-2H3,(H,37,41)/b19-14-,34-28?. The highest BCUT2D eigenvalue weighted by Gasteiger charge is 2.28. The fourth-order valence-electron chi connectivity index (χ4n) is 5.41. The highest BCUT2D eigenvalue weighted by Crippen LogP contribution is 2.28. The molecule has 10 nitrogen and oxygen atoms in total. The Labute approximate surface area is 246 Å². The molecule has 0 bridgehead atoms.